The highest BCUT2D eigenvalue weighted by molar-refractivity contribution is 7.99. The minimum absolute atomic E-state index is 0.0890. The summed E-state index contributed by atoms with van der Waals surface area (Å²) in [6, 6.07) is 0. The molecule has 0 radical (unpaired) electrons. The Morgan fingerprint density at radius 2 is 1.87 bits per heavy atom. The lowest BCUT2D eigenvalue weighted by Gasteiger charge is -2.34. The zero-order chi connectivity index (χ0) is 11.1. The number of hydrogen-bond donors (Lipinski definition) is 0. The Hall–Kier alpha value is -0.710. The molecule has 0 spiro atoms. The maximum Gasteiger partial charge on any atom is 0.323 e. The van der Waals surface area contributed by atoms with E-state index in [4.69, 9.17) is 9.47 Å². The summed E-state index contributed by atoms with van der Waals surface area (Å²) >= 11 is 1.76. The molecule has 1 unspecified atom stereocenters. The van der Waals surface area contributed by atoms with Gasteiger partial charge in [-0.1, -0.05) is 0 Å². The highest BCUT2D eigenvalue weighted by atomic mass is 32.2. The van der Waals surface area contributed by atoms with E-state index in [9.17, 15) is 9.59 Å². The van der Waals surface area contributed by atoms with E-state index in [1.807, 2.05) is 0 Å². The quantitative estimate of drug-likeness (QED) is 0.500. The summed E-state index contributed by atoms with van der Waals surface area (Å²) in [7, 11) is 0. The second kappa shape index (κ2) is 3.70. The van der Waals surface area contributed by atoms with Crippen LogP contribution in [0.5, 0.6) is 0 Å². The zero-order valence-corrected chi connectivity index (χ0v) is 9.63. The third-order valence-corrected chi connectivity index (χ3v) is 3.83. The SMILES string of the molecule is CC1(C)OC(=O)C(C2CCSC2)C(=O)O1. The Labute approximate surface area is 92.7 Å². The molecule has 0 aromatic heterocycles. The fourth-order valence-electron chi connectivity index (χ4n) is 1.93. The van der Waals surface area contributed by atoms with E-state index in [0.717, 1.165) is 17.9 Å². The standard InChI is InChI=1S/C10H14O4S/c1-10(2)13-8(11)7(9(12)14-10)6-3-4-15-5-6/h6-7H,3-5H2,1-2H3. The van der Waals surface area contributed by atoms with E-state index in [1.165, 1.54) is 0 Å². The maximum atomic E-state index is 11.7. The second-order valence-corrected chi connectivity index (χ2v) is 5.49. The largest absolute Gasteiger partial charge is 0.422 e. The predicted molar refractivity (Wildman–Crippen MR) is 55.2 cm³/mol. The van der Waals surface area contributed by atoms with Crippen LogP contribution in [0, 0.1) is 11.8 Å². The molecule has 2 aliphatic heterocycles. The van der Waals surface area contributed by atoms with Crippen molar-refractivity contribution in [3.8, 4) is 0 Å². The number of carbonyl (C=O) groups is 2. The van der Waals surface area contributed by atoms with E-state index in [-0.39, 0.29) is 5.92 Å². The van der Waals surface area contributed by atoms with Gasteiger partial charge in [-0.05, 0) is 23.8 Å². The van der Waals surface area contributed by atoms with E-state index < -0.39 is 23.6 Å². The summed E-state index contributed by atoms with van der Waals surface area (Å²) < 4.78 is 10.2. The van der Waals surface area contributed by atoms with Gasteiger partial charge in [-0.25, -0.2) is 0 Å². The lowest BCUT2D eigenvalue weighted by molar-refractivity contribution is -0.242. The first-order chi connectivity index (χ1) is 6.99. The van der Waals surface area contributed by atoms with Gasteiger partial charge in [0.2, 0.25) is 0 Å². The smallest absolute Gasteiger partial charge is 0.323 e. The van der Waals surface area contributed by atoms with Crippen LogP contribution in [0.2, 0.25) is 0 Å². The Morgan fingerprint density at radius 1 is 1.27 bits per heavy atom. The third-order valence-electron chi connectivity index (χ3n) is 2.64. The average molecular weight is 230 g/mol. The molecule has 0 N–H and O–H groups in total. The molecule has 84 valence electrons. The van der Waals surface area contributed by atoms with Crippen molar-refractivity contribution in [2.24, 2.45) is 11.8 Å². The molecule has 0 bridgehead atoms. The van der Waals surface area contributed by atoms with Crippen molar-refractivity contribution in [1.82, 2.24) is 0 Å². The summed E-state index contributed by atoms with van der Waals surface area (Å²) in [5.41, 5.74) is 0. The Morgan fingerprint density at radius 3 is 2.33 bits per heavy atom. The van der Waals surface area contributed by atoms with Crippen LogP contribution in [0.25, 0.3) is 0 Å². The van der Waals surface area contributed by atoms with Crippen LogP contribution < -0.4 is 0 Å². The highest BCUT2D eigenvalue weighted by Crippen LogP contribution is 2.35. The lowest BCUT2D eigenvalue weighted by Crippen LogP contribution is -2.48. The van der Waals surface area contributed by atoms with Gasteiger partial charge in [-0.2, -0.15) is 11.8 Å². The van der Waals surface area contributed by atoms with Crippen molar-refractivity contribution >= 4 is 23.7 Å². The Balaban J connectivity index is 2.12. The van der Waals surface area contributed by atoms with Crippen molar-refractivity contribution < 1.29 is 19.1 Å². The maximum absolute atomic E-state index is 11.7. The number of esters is 2. The van der Waals surface area contributed by atoms with Crippen LogP contribution in [0.3, 0.4) is 0 Å². The first-order valence-electron chi connectivity index (χ1n) is 5.03. The van der Waals surface area contributed by atoms with Crippen molar-refractivity contribution in [2.45, 2.75) is 26.1 Å². The topological polar surface area (TPSA) is 52.6 Å². The summed E-state index contributed by atoms with van der Waals surface area (Å²) in [5, 5.41) is 0. The van der Waals surface area contributed by atoms with Gasteiger partial charge in [0.05, 0.1) is 0 Å². The molecule has 4 nitrogen and oxygen atoms in total. The molecule has 2 fully saturated rings. The molecule has 2 rings (SSSR count). The highest BCUT2D eigenvalue weighted by Gasteiger charge is 2.47. The monoisotopic (exact) mass is 230 g/mol. The van der Waals surface area contributed by atoms with Gasteiger partial charge in [0.15, 0.2) is 5.92 Å². The third kappa shape index (κ3) is 2.12. The van der Waals surface area contributed by atoms with Crippen molar-refractivity contribution in [2.75, 3.05) is 11.5 Å². The van der Waals surface area contributed by atoms with Gasteiger partial charge >= 0.3 is 11.9 Å². The number of ether oxygens (including phenoxy) is 2. The number of cyclic esters (lactones) is 2. The molecule has 0 saturated carbocycles. The van der Waals surface area contributed by atoms with Gasteiger partial charge in [-0.15, -0.1) is 0 Å². The van der Waals surface area contributed by atoms with Crippen molar-refractivity contribution in [3.05, 3.63) is 0 Å². The zero-order valence-electron chi connectivity index (χ0n) is 8.82. The first kappa shape index (κ1) is 10.8. The average Bonchev–Trinajstić information content (AvgIpc) is 2.52. The van der Waals surface area contributed by atoms with Gasteiger partial charge < -0.3 is 9.47 Å². The second-order valence-electron chi connectivity index (χ2n) is 4.34. The normalized spacial score (nSPS) is 31.2. The van der Waals surface area contributed by atoms with Crippen molar-refractivity contribution in [3.63, 3.8) is 0 Å². The van der Waals surface area contributed by atoms with E-state index >= 15 is 0 Å². The van der Waals surface area contributed by atoms with E-state index in [0.29, 0.717) is 0 Å². The summed E-state index contributed by atoms with van der Waals surface area (Å²) in [4.78, 5) is 23.4. The molecular formula is C10H14O4S. The number of hydrogen-bond acceptors (Lipinski definition) is 5. The summed E-state index contributed by atoms with van der Waals surface area (Å²) in [5.74, 6) is -0.719. The number of rotatable bonds is 1. The lowest BCUT2D eigenvalue weighted by atomic mass is 9.91. The molecular weight excluding hydrogens is 216 g/mol. The van der Waals surface area contributed by atoms with Gasteiger partial charge in [-0.3, -0.25) is 9.59 Å². The van der Waals surface area contributed by atoms with E-state index in [1.54, 1.807) is 25.6 Å². The summed E-state index contributed by atoms with van der Waals surface area (Å²) in [6.07, 6.45) is 0.889. The molecule has 5 heteroatoms. The molecule has 0 aromatic carbocycles. The number of carbonyl (C=O) groups excluding carboxylic acids is 2. The minimum atomic E-state index is -1.10. The van der Waals surface area contributed by atoms with Gasteiger partial charge in [0.25, 0.3) is 5.79 Å². The molecule has 1 atom stereocenters. The molecule has 0 aliphatic carbocycles. The molecule has 0 amide bonds. The van der Waals surface area contributed by atoms with Crippen LogP contribution in [-0.2, 0) is 19.1 Å². The summed E-state index contributed by atoms with van der Waals surface area (Å²) in [6.45, 7) is 3.14. The molecule has 15 heavy (non-hydrogen) atoms. The number of thioether (sulfide) groups is 1. The Bertz CT molecular complexity index is 274. The molecule has 0 aromatic rings. The fraction of sp³-hybridized carbons (Fsp3) is 0.800. The van der Waals surface area contributed by atoms with Crippen LogP contribution >= 0.6 is 11.8 Å². The molecule has 2 aliphatic rings. The Kier molecular flexibility index (Phi) is 2.66. The van der Waals surface area contributed by atoms with Crippen LogP contribution in [0.15, 0.2) is 0 Å². The van der Waals surface area contributed by atoms with Crippen LogP contribution in [0.4, 0.5) is 0 Å². The van der Waals surface area contributed by atoms with Crippen LogP contribution in [0.1, 0.15) is 20.3 Å². The first-order valence-corrected chi connectivity index (χ1v) is 6.18. The van der Waals surface area contributed by atoms with Crippen LogP contribution in [-0.4, -0.2) is 29.2 Å². The van der Waals surface area contributed by atoms with Gasteiger partial charge in [0, 0.05) is 13.8 Å². The van der Waals surface area contributed by atoms with E-state index in [2.05, 4.69) is 0 Å². The minimum Gasteiger partial charge on any atom is -0.422 e. The fourth-order valence-corrected chi connectivity index (χ4v) is 3.23. The van der Waals surface area contributed by atoms with Crippen molar-refractivity contribution in [1.29, 1.82) is 0 Å². The van der Waals surface area contributed by atoms with Gasteiger partial charge in [0.1, 0.15) is 0 Å². The predicted octanol–water partition coefficient (Wildman–Crippen LogP) is 1.19. The molecule has 2 saturated heterocycles. The molecule has 2 heterocycles.